The Morgan fingerprint density at radius 3 is 0.853 bits per heavy atom. The summed E-state index contributed by atoms with van der Waals surface area (Å²) in [6.45, 7) is 2.35. The van der Waals surface area contributed by atoms with Crippen molar-refractivity contribution in [2.45, 2.75) is 214 Å². The summed E-state index contributed by atoms with van der Waals surface area (Å²) in [6, 6.07) is -10.7. The lowest BCUT2D eigenvalue weighted by Gasteiger charge is -2.38. The Morgan fingerprint density at radius 1 is 0.388 bits per heavy atom. The van der Waals surface area contributed by atoms with Gasteiger partial charge in [-0.25, -0.2) is 32.8 Å². The predicted molar refractivity (Wildman–Crippen MR) is 425 cm³/mol. The van der Waals surface area contributed by atoms with Crippen LogP contribution in [0.1, 0.15) is 135 Å². The molecule has 0 radical (unpaired) electrons. The summed E-state index contributed by atoms with van der Waals surface area (Å²) in [7, 11) is -16.6. The fourth-order valence-electron chi connectivity index (χ4n) is 17.4. The molecule has 0 aromatic carbocycles. The van der Waals surface area contributed by atoms with Gasteiger partial charge in [-0.15, -0.1) is 21.4 Å². The summed E-state index contributed by atoms with van der Waals surface area (Å²) in [5.74, 6) is -6.42. The SMILES string of the molecule is CCC1CC(C(=O)CNC(=O)[C@@H]2CC[C@@H]3CN2C(=O)N3OS(=O)(=O)O)C1.CN(C)C1CC(C(=O)CNC(=O)[C@@H]2CC[C@@H]3CN2C(=O)N3OS(=O)(=O)O)C1.CN(C)CCC(=O)CNC(=O)[C@@H]1CC[C@@H]2CN1C(=O)N2OS(=O)(=O)O.NC1CC(C(=O)CNC(=O)[C@@H]2CC[C@@H]3CN2C(=O)N3OS(=O)(=O)O)C1.O=C(CNC(=O)[C@@H]1CC[C@@H]2CN1C(=O)N2OS(=O)(=O)O)C1CC(F)(F)C1. The number of fused-ring (bicyclic) bond motifs is 10. The summed E-state index contributed by atoms with van der Waals surface area (Å²) in [5.41, 5.74) is 5.63. The number of urea groups is 5. The van der Waals surface area contributed by atoms with Crippen molar-refractivity contribution in [1.82, 2.24) is 86.2 Å². The molecule has 14 aliphatic rings. The normalized spacial score (nSPS) is 28.9. The summed E-state index contributed by atoms with van der Waals surface area (Å²) < 4.78 is 199. The van der Waals surface area contributed by atoms with E-state index in [1.165, 1.54) is 19.6 Å². The Hall–Kier alpha value is -8.86. The average molecular weight is 1950 g/mol. The third-order valence-corrected chi connectivity index (χ3v) is 26.5. The first-order valence-electron chi connectivity index (χ1n) is 41.3. The van der Waals surface area contributed by atoms with Crippen molar-refractivity contribution in [3.63, 3.8) is 0 Å². The van der Waals surface area contributed by atoms with Gasteiger partial charge >= 0.3 is 82.2 Å². The third kappa shape index (κ3) is 26.8. The molecule has 10 bridgehead atoms. The number of hydrogen-bond donors (Lipinski definition) is 11. The highest BCUT2D eigenvalue weighted by Gasteiger charge is 2.56. The van der Waals surface area contributed by atoms with Gasteiger partial charge in [-0.2, -0.15) is 67.4 Å². The van der Waals surface area contributed by atoms with Crippen LogP contribution < -0.4 is 32.3 Å². The molecule has 129 heavy (non-hydrogen) atoms. The minimum absolute atomic E-state index is 0.000758. The molecule has 53 nitrogen and oxygen atoms in total. The zero-order chi connectivity index (χ0) is 95.4. The Labute approximate surface area is 739 Å². The largest absolute Gasteiger partial charge is 0.418 e. The van der Waals surface area contributed by atoms with Gasteiger partial charge in [0.2, 0.25) is 35.5 Å². The van der Waals surface area contributed by atoms with Crippen molar-refractivity contribution in [2.24, 2.45) is 35.3 Å². The molecule has 12 N–H and O–H groups in total. The van der Waals surface area contributed by atoms with Gasteiger partial charge in [0, 0.05) is 94.3 Å². The maximum absolute atomic E-state index is 12.8. The first kappa shape index (κ1) is 102. The van der Waals surface area contributed by atoms with Crippen LogP contribution in [0.4, 0.5) is 32.8 Å². The van der Waals surface area contributed by atoms with E-state index in [0.29, 0.717) is 114 Å². The van der Waals surface area contributed by atoms with E-state index in [0.717, 1.165) is 37.0 Å². The highest BCUT2D eigenvalue weighted by Crippen LogP contribution is 2.44. The molecule has 4 saturated carbocycles. The van der Waals surface area contributed by atoms with E-state index in [-0.39, 0.29) is 119 Å². The number of Topliss-reactive ketones (excluding diaryl/α,β-unsaturated/α-hetero) is 5. The van der Waals surface area contributed by atoms with E-state index in [9.17, 15) is 123 Å². The molecule has 10 heterocycles. The van der Waals surface area contributed by atoms with Crippen molar-refractivity contribution in [2.75, 3.05) is 100 Å². The molecule has 14 fully saturated rings. The lowest BCUT2D eigenvalue weighted by atomic mass is 9.71. The van der Waals surface area contributed by atoms with Crippen LogP contribution in [0.5, 0.6) is 0 Å². The Morgan fingerprint density at radius 2 is 0.628 bits per heavy atom. The van der Waals surface area contributed by atoms with E-state index in [1.807, 2.05) is 33.1 Å². The molecule has 0 spiro atoms. The Bertz CT molecular complexity index is 4900. The quantitative estimate of drug-likeness (QED) is 0.0273. The number of halogens is 2. The van der Waals surface area contributed by atoms with E-state index >= 15 is 0 Å². The molecule has 0 unspecified atom stereocenters. The standard InChI is InChI=1S/C15H24N4O7S.C15H23N3O7S.C13H17F2N3O7S.C13H20N4O7S.C13H22N4O7S/c1-17(2)11-5-9(6-11)13(20)7-16-14(21)12-4-3-10-8-18(12)15(22)19(10)26-27(23,24)25;1-2-9-5-10(6-9)13(19)7-16-14(20)12-4-3-11-8-17(12)15(21)18(11)25-26(22,23)24;14-13(15)3-7(4-13)10(19)5-16-11(20)9-2-1-8-6-17(9)12(21)18(8)25-26(22,23)24;14-8-3-7(4-8)11(18)5-15-12(19)10-2-1-9-6-16(10)13(20)17(9)24-25(21,22)23;1-15(2)6-5-10(18)7-14-12(19)11-4-3-9-8-16(11)13(20)17(9)24-25(21,22)23/h9-12H,3-8H2,1-2H3,(H,16,21)(H,23,24,25);9-12H,2-8H2,1H3,(H,16,20)(H,22,23,24);7-9H,1-6H2,(H,16,20)(H,22,23,24);7-10H,1-6,14H2,(H,15,19)(H,21,22,23);9,11H,3-8H2,1-2H3,(H,14,19)(H,21,22,23)/t9?,10-,11?,12+;9?,10?,11-,12+;8-,9+;7?,8?,9-,10+;9-,11+/m11111/s1. The summed E-state index contributed by atoms with van der Waals surface area (Å²) in [6.07, 6.45) is 7.88. The van der Waals surface area contributed by atoms with Crippen molar-refractivity contribution < 1.29 is 167 Å². The van der Waals surface area contributed by atoms with Crippen LogP contribution in [-0.2, 0) is 121 Å². The van der Waals surface area contributed by atoms with Gasteiger partial charge in [0.1, 0.15) is 30.2 Å². The average Bonchev–Trinajstić information content (AvgIpc) is 1.65. The number of carbonyl (C=O) groups is 15. The number of hydrogen-bond acceptors (Lipinski definition) is 33. The van der Waals surface area contributed by atoms with Crippen molar-refractivity contribution in [3.05, 3.63) is 0 Å². The molecule has 10 saturated heterocycles. The number of piperidine rings is 5. The van der Waals surface area contributed by atoms with Gasteiger partial charge in [-0.1, -0.05) is 13.3 Å². The molecular weight excluding hydrogens is 1840 g/mol. The van der Waals surface area contributed by atoms with Crippen LogP contribution in [0.2, 0.25) is 0 Å². The Balaban J connectivity index is 0.000000168. The summed E-state index contributed by atoms with van der Waals surface area (Å²) in [4.78, 5) is 192. The van der Waals surface area contributed by atoms with Crippen molar-refractivity contribution in [1.29, 1.82) is 0 Å². The second-order valence-electron chi connectivity index (χ2n) is 34.2. The van der Waals surface area contributed by atoms with Crippen LogP contribution in [0.3, 0.4) is 0 Å². The lowest BCUT2D eigenvalue weighted by molar-refractivity contribution is -0.148. The fourth-order valence-corrected chi connectivity index (χ4v) is 19.4. The molecule has 0 aromatic heterocycles. The van der Waals surface area contributed by atoms with Gasteiger partial charge in [0.25, 0.3) is 0 Å². The highest BCUT2D eigenvalue weighted by molar-refractivity contribution is 7.81. The number of nitrogens with zero attached hydrogens (tertiary/aromatic N) is 12. The highest BCUT2D eigenvalue weighted by atomic mass is 32.3. The minimum atomic E-state index is -4.88. The molecule has 60 heteroatoms. The van der Waals surface area contributed by atoms with Gasteiger partial charge in [-0.3, -0.25) is 70.7 Å². The van der Waals surface area contributed by atoms with Crippen LogP contribution >= 0.6 is 0 Å². The molecule has 15 amide bonds. The van der Waals surface area contributed by atoms with Gasteiger partial charge < -0.3 is 66.6 Å². The number of nitrogens with one attached hydrogen (secondary N) is 5. The van der Waals surface area contributed by atoms with E-state index in [1.54, 1.807) is 0 Å². The number of amides is 15. The second-order valence-corrected chi connectivity index (χ2v) is 39.2. The van der Waals surface area contributed by atoms with E-state index in [4.69, 9.17) is 28.5 Å². The molecule has 726 valence electrons. The van der Waals surface area contributed by atoms with Crippen molar-refractivity contribution in [3.8, 4) is 0 Å². The third-order valence-electron chi connectivity index (χ3n) is 24.8. The first-order chi connectivity index (χ1) is 60.0. The topological polar surface area (TPSA) is 699 Å². The smallest absolute Gasteiger partial charge is 0.347 e. The number of alkyl halides is 2. The number of ketones is 5. The number of rotatable bonds is 34. The van der Waals surface area contributed by atoms with Crippen LogP contribution in [0, 0.1) is 29.6 Å². The summed E-state index contributed by atoms with van der Waals surface area (Å²) >= 11 is 0. The zero-order valence-corrected chi connectivity index (χ0v) is 74.5. The predicted octanol–water partition coefficient (Wildman–Crippen LogP) is -4.12. The van der Waals surface area contributed by atoms with Crippen LogP contribution in [0.25, 0.3) is 0 Å². The monoisotopic (exact) mass is 1940 g/mol. The van der Waals surface area contributed by atoms with Crippen LogP contribution in [-0.4, -0.2) is 392 Å². The van der Waals surface area contributed by atoms with Crippen LogP contribution in [0.15, 0.2) is 0 Å². The van der Waals surface area contributed by atoms with Gasteiger partial charge in [0.15, 0.2) is 28.9 Å². The number of hydroxylamine groups is 10. The molecule has 4 aliphatic carbocycles. The minimum Gasteiger partial charge on any atom is -0.347 e. The first-order valence-corrected chi connectivity index (χ1v) is 48.1. The molecular formula is C69H106F2N18O35S5. The zero-order valence-electron chi connectivity index (χ0n) is 70.5. The molecule has 0 aromatic rings. The maximum Gasteiger partial charge on any atom is 0.418 e. The summed E-state index contributed by atoms with van der Waals surface area (Å²) in [5, 5.41) is 15.4. The number of nitrogens with two attached hydrogens (primary N) is 1. The van der Waals surface area contributed by atoms with Gasteiger partial charge in [-0.05, 0) is 137 Å². The Kier molecular flexibility index (Phi) is 32.9. The molecule has 14 rings (SSSR count). The number of carbonyl (C=O) groups excluding carboxylic acids is 15. The fraction of sp³-hybridized carbons (Fsp3) is 0.783. The van der Waals surface area contributed by atoms with E-state index in [2.05, 4.69) is 59.8 Å². The maximum atomic E-state index is 12.8. The molecule has 10 atom stereocenters. The van der Waals surface area contributed by atoms with Crippen molar-refractivity contribution >= 4 is 141 Å². The lowest BCUT2D eigenvalue weighted by Crippen LogP contribution is -2.52. The second kappa shape index (κ2) is 41.5. The van der Waals surface area contributed by atoms with Gasteiger partial charge in [0.05, 0.1) is 62.9 Å². The molecule has 10 aliphatic heterocycles. The van der Waals surface area contributed by atoms with E-state index < -0.39 is 209 Å².